The number of nitrogens with zero attached hydrogens (tertiary/aromatic N) is 1. The first-order valence-corrected chi connectivity index (χ1v) is 8.65. The molecule has 1 heterocycles. The second-order valence-electron chi connectivity index (χ2n) is 6.85. The Labute approximate surface area is 144 Å². The number of anilines is 1. The van der Waals surface area contributed by atoms with Crippen molar-refractivity contribution in [3.05, 3.63) is 29.3 Å². The van der Waals surface area contributed by atoms with Crippen LogP contribution < -0.4 is 5.32 Å². The number of carbonyl (C=O) groups is 2. The van der Waals surface area contributed by atoms with E-state index in [2.05, 4.69) is 24.1 Å². The molecule has 1 aromatic rings. The average Bonchev–Trinajstić information content (AvgIpc) is 2.56. The Morgan fingerprint density at radius 3 is 2.58 bits per heavy atom. The van der Waals surface area contributed by atoms with E-state index in [4.69, 9.17) is 4.74 Å². The molecule has 0 spiro atoms. The van der Waals surface area contributed by atoms with Crippen LogP contribution in [0.5, 0.6) is 0 Å². The SMILES string of the molecule is Cc1cccc(C)c1NC(=O)COC(=O)C1CCCN(C(C)C)C1. The average molecular weight is 332 g/mol. The molecule has 1 fully saturated rings. The molecule has 0 saturated carbocycles. The highest BCUT2D eigenvalue weighted by Crippen LogP contribution is 2.21. The van der Waals surface area contributed by atoms with Crippen LogP contribution in [0.1, 0.15) is 37.8 Å². The van der Waals surface area contributed by atoms with Crippen molar-refractivity contribution in [3.63, 3.8) is 0 Å². The lowest BCUT2D eigenvalue weighted by atomic mass is 9.97. The second kappa shape index (κ2) is 8.29. The molecule has 1 saturated heterocycles. The minimum absolute atomic E-state index is 0.130. The van der Waals surface area contributed by atoms with E-state index in [9.17, 15) is 9.59 Å². The number of aryl methyl sites for hydroxylation is 2. The molecule has 2 rings (SSSR count). The number of rotatable bonds is 5. The molecular formula is C19H28N2O3. The molecule has 1 amide bonds. The number of para-hydroxylation sites is 1. The maximum atomic E-state index is 12.2. The topological polar surface area (TPSA) is 58.6 Å². The number of hydrogen-bond acceptors (Lipinski definition) is 4. The lowest BCUT2D eigenvalue weighted by molar-refractivity contribution is -0.153. The molecule has 1 aromatic carbocycles. The molecule has 0 radical (unpaired) electrons. The third-order valence-corrected chi connectivity index (χ3v) is 4.61. The number of nitrogens with one attached hydrogen (secondary N) is 1. The van der Waals surface area contributed by atoms with Gasteiger partial charge in [-0.3, -0.25) is 9.59 Å². The van der Waals surface area contributed by atoms with Crippen molar-refractivity contribution in [3.8, 4) is 0 Å². The Morgan fingerprint density at radius 1 is 1.29 bits per heavy atom. The maximum Gasteiger partial charge on any atom is 0.310 e. The summed E-state index contributed by atoms with van der Waals surface area (Å²) in [5.41, 5.74) is 2.78. The van der Waals surface area contributed by atoms with Crippen molar-refractivity contribution in [2.24, 2.45) is 5.92 Å². The predicted octanol–water partition coefficient (Wildman–Crippen LogP) is 2.91. The molecule has 132 valence electrons. The minimum Gasteiger partial charge on any atom is -0.455 e. The largest absolute Gasteiger partial charge is 0.455 e. The summed E-state index contributed by atoms with van der Waals surface area (Å²) in [4.78, 5) is 26.6. The minimum atomic E-state index is -0.294. The highest BCUT2D eigenvalue weighted by Gasteiger charge is 2.28. The van der Waals surface area contributed by atoms with Crippen LogP contribution in [0.4, 0.5) is 5.69 Å². The van der Waals surface area contributed by atoms with Crippen LogP contribution in [-0.2, 0) is 14.3 Å². The number of piperidine rings is 1. The Hall–Kier alpha value is -1.88. The number of benzene rings is 1. The van der Waals surface area contributed by atoms with Crippen molar-refractivity contribution >= 4 is 17.6 Å². The van der Waals surface area contributed by atoms with Gasteiger partial charge in [-0.15, -0.1) is 0 Å². The van der Waals surface area contributed by atoms with E-state index in [0.717, 1.165) is 42.7 Å². The number of amides is 1. The molecule has 1 aliphatic heterocycles. The highest BCUT2D eigenvalue weighted by atomic mass is 16.5. The fraction of sp³-hybridized carbons (Fsp3) is 0.579. The first-order valence-electron chi connectivity index (χ1n) is 8.65. The Kier molecular flexibility index (Phi) is 6.37. The molecule has 0 bridgehead atoms. The summed E-state index contributed by atoms with van der Waals surface area (Å²) in [6, 6.07) is 6.26. The van der Waals surface area contributed by atoms with Crippen LogP contribution in [0, 0.1) is 19.8 Å². The third-order valence-electron chi connectivity index (χ3n) is 4.61. The van der Waals surface area contributed by atoms with E-state index in [-0.39, 0.29) is 24.4 Å². The van der Waals surface area contributed by atoms with Crippen LogP contribution in [0.2, 0.25) is 0 Å². The normalized spacial score (nSPS) is 18.5. The van der Waals surface area contributed by atoms with Gasteiger partial charge >= 0.3 is 5.97 Å². The van der Waals surface area contributed by atoms with Crippen LogP contribution in [0.3, 0.4) is 0 Å². The van der Waals surface area contributed by atoms with Gasteiger partial charge < -0.3 is 15.0 Å². The van der Waals surface area contributed by atoms with Gasteiger partial charge in [-0.1, -0.05) is 18.2 Å². The molecule has 5 heteroatoms. The number of ether oxygens (including phenoxy) is 1. The van der Waals surface area contributed by atoms with E-state index in [0.29, 0.717) is 6.04 Å². The van der Waals surface area contributed by atoms with E-state index in [1.807, 2.05) is 32.0 Å². The fourth-order valence-electron chi connectivity index (χ4n) is 3.11. The monoisotopic (exact) mass is 332 g/mol. The first kappa shape index (κ1) is 18.5. The predicted molar refractivity (Wildman–Crippen MR) is 94.9 cm³/mol. The summed E-state index contributed by atoms with van der Waals surface area (Å²) in [5.74, 6) is -0.691. The summed E-state index contributed by atoms with van der Waals surface area (Å²) >= 11 is 0. The molecule has 1 N–H and O–H groups in total. The van der Waals surface area contributed by atoms with E-state index >= 15 is 0 Å². The van der Waals surface area contributed by atoms with Gasteiger partial charge in [0.15, 0.2) is 6.61 Å². The molecular weight excluding hydrogens is 304 g/mol. The molecule has 5 nitrogen and oxygen atoms in total. The quantitative estimate of drug-likeness (QED) is 0.842. The van der Waals surface area contributed by atoms with Gasteiger partial charge in [0, 0.05) is 18.3 Å². The number of carbonyl (C=O) groups excluding carboxylic acids is 2. The lowest BCUT2D eigenvalue weighted by Crippen LogP contribution is -2.43. The van der Waals surface area contributed by atoms with Crippen LogP contribution >= 0.6 is 0 Å². The standard InChI is InChI=1S/C19H28N2O3/c1-13(2)21-10-6-9-16(11-21)19(23)24-12-17(22)20-18-14(3)7-5-8-15(18)4/h5,7-8,13,16H,6,9-12H2,1-4H3,(H,20,22). The van der Waals surface area contributed by atoms with Crippen LogP contribution in [0.25, 0.3) is 0 Å². The van der Waals surface area contributed by atoms with Crippen LogP contribution in [0.15, 0.2) is 18.2 Å². The maximum absolute atomic E-state index is 12.2. The molecule has 1 aliphatic rings. The fourth-order valence-corrected chi connectivity index (χ4v) is 3.11. The van der Waals surface area contributed by atoms with Gasteiger partial charge in [0.05, 0.1) is 5.92 Å². The number of likely N-dealkylation sites (tertiary alicyclic amines) is 1. The summed E-state index contributed by atoms with van der Waals surface area (Å²) in [6.45, 7) is 9.65. The zero-order valence-corrected chi connectivity index (χ0v) is 15.1. The lowest BCUT2D eigenvalue weighted by Gasteiger charge is -2.34. The van der Waals surface area contributed by atoms with Crippen molar-refractivity contribution in [2.45, 2.75) is 46.6 Å². The van der Waals surface area contributed by atoms with E-state index in [1.165, 1.54) is 0 Å². The zero-order chi connectivity index (χ0) is 17.7. The van der Waals surface area contributed by atoms with Gasteiger partial charge in [-0.05, 0) is 58.2 Å². The molecule has 1 unspecified atom stereocenters. The van der Waals surface area contributed by atoms with Gasteiger partial charge in [0.25, 0.3) is 5.91 Å². The van der Waals surface area contributed by atoms with Gasteiger partial charge in [-0.25, -0.2) is 0 Å². The molecule has 24 heavy (non-hydrogen) atoms. The van der Waals surface area contributed by atoms with Crippen molar-refractivity contribution in [1.82, 2.24) is 4.90 Å². The Balaban J connectivity index is 1.84. The Bertz CT molecular complexity index is 578. The highest BCUT2D eigenvalue weighted by molar-refractivity contribution is 5.94. The Morgan fingerprint density at radius 2 is 1.96 bits per heavy atom. The second-order valence-corrected chi connectivity index (χ2v) is 6.85. The molecule has 0 aromatic heterocycles. The third kappa shape index (κ3) is 4.81. The molecule has 0 aliphatic carbocycles. The van der Waals surface area contributed by atoms with E-state index in [1.54, 1.807) is 0 Å². The van der Waals surface area contributed by atoms with Crippen molar-refractivity contribution in [1.29, 1.82) is 0 Å². The van der Waals surface area contributed by atoms with E-state index < -0.39 is 0 Å². The van der Waals surface area contributed by atoms with Crippen LogP contribution in [-0.4, -0.2) is 42.5 Å². The van der Waals surface area contributed by atoms with Gasteiger partial charge in [-0.2, -0.15) is 0 Å². The zero-order valence-electron chi connectivity index (χ0n) is 15.1. The summed E-state index contributed by atoms with van der Waals surface area (Å²) in [5, 5.41) is 2.84. The summed E-state index contributed by atoms with van der Waals surface area (Å²) < 4.78 is 5.25. The first-order chi connectivity index (χ1) is 11.4. The van der Waals surface area contributed by atoms with Crippen molar-refractivity contribution in [2.75, 3.05) is 25.0 Å². The smallest absolute Gasteiger partial charge is 0.310 e. The van der Waals surface area contributed by atoms with Gasteiger partial charge in [0.1, 0.15) is 0 Å². The summed E-state index contributed by atoms with van der Waals surface area (Å²) in [6.07, 6.45) is 1.83. The van der Waals surface area contributed by atoms with Gasteiger partial charge in [0.2, 0.25) is 0 Å². The summed E-state index contributed by atoms with van der Waals surface area (Å²) in [7, 11) is 0. The number of esters is 1. The molecule has 1 atom stereocenters. The number of hydrogen-bond donors (Lipinski definition) is 1. The van der Waals surface area contributed by atoms with Crippen molar-refractivity contribution < 1.29 is 14.3 Å².